The fourth-order valence-corrected chi connectivity index (χ4v) is 3.58. The highest BCUT2D eigenvalue weighted by atomic mass is 32.2. The molecule has 0 aromatic heterocycles. The summed E-state index contributed by atoms with van der Waals surface area (Å²) in [4.78, 5) is 0.210. The topological polar surface area (TPSA) is 83.1 Å². The van der Waals surface area contributed by atoms with Crippen molar-refractivity contribution in [3.05, 3.63) is 42.0 Å². The minimum Gasteiger partial charge on any atom is -0.497 e. The van der Waals surface area contributed by atoms with Crippen LogP contribution >= 0.6 is 0 Å². The first-order valence-corrected chi connectivity index (χ1v) is 9.38. The normalized spacial score (nSPS) is 11.1. The third-order valence-corrected chi connectivity index (χ3v) is 5.28. The average Bonchev–Trinajstić information content (AvgIpc) is 2.64. The van der Waals surface area contributed by atoms with E-state index in [0.717, 1.165) is 0 Å². The summed E-state index contributed by atoms with van der Waals surface area (Å²) in [5.74, 6) is 2.32. The molecule has 0 aliphatic heterocycles. The van der Waals surface area contributed by atoms with Gasteiger partial charge in [0.15, 0.2) is 0 Å². The highest BCUT2D eigenvalue weighted by Crippen LogP contribution is 2.27. The van der Waals surface area contributed by atoms with Crippen LogP contribution in [0.5, 0.6) is 23.0 Å². The quantitative estimate of drug-likeness (QED) is 0.672. The van der Waals surface area contributed by atoms with Gasteiger partial charge in [-0.2, -0.15) is 0 Å². The molecule has 0 unspecified atom stereocenters. The van der Waals surface area contributed by atoms with Crippen molar-refractivity contribution in [2.24, 2.45) is 0 Å². The second-order valence-corrected chi connectivity index (χ2v) is 7.16. The zero-order valence-electron chi connectivity index (χ0n) is 15.2. The Morgan fingerprint density at radius 2 is 1.42 bits per heavy atom. The summed E-state index contributed by atoms with van der Waals surface area (Å²) in [5.41, 5.74) is 0.607. The maximum absolute atomic E-state index is 12.4. The summed E-state index contributed by atoms with van der Waals surface area (Å²) in [6.07, 6.45) is 0. The van der Waals surface area contributed by atoms with Crippen LogP contribution in [-0.4, -0.2) is 42.9 Å². The van der Waals surface area contributed by atoms with Gasteiger partial charge in [0.25, 0.3) is 0 Å². The van der Waals surface area contributed by atoms with Gasteiger partial charge in [0, 0.05) is 24.7 Å². The van der Waals surface area contributed by atoms with Crippen molar-refractivity contribution in [2.75, 3.05) is 34.5 Å². The van der Waals surface area contributed by atoms with E-state index < -0.39 is 10.0 Å². The van der Waals surface area contributed by atoms with Crippen LogP contribution in [0.25, 0.3) is 0 Å². The van der Waals surface area contributed by atoms with Gasteiger partial charge in [-0.3, -0.25) is 0 Å². The summed E-state index contributed by atoms with van der Waals surface area (Å²) >= 11 is 0. The smallest absolute Gasteiger partial charge is 0.240 e. The van der Waals surface area contributed by atoms with Gasteiger partial charge in [0.2, 0.25) is 10.0 Å². The highest BCUT2D eigenvalue weighted by molar-refractivity contribution is 7.89. The summed E-state index contributed by atoms with van der Waals surface area (Å²) in [5, 5.41) is 0. The molecule has 0 saturated carbocycles. The van der Waals surface area contributed by atoms with Crippen molar-refractivity contribution >= 4 is 10.0 Å². The molecule has 0 bridgehead atoms. The summed E-state index contributed by atoms with van der Waals surface area (Å²) in [7, 11) is 0.994. The molecule has 0 fully saturated rings. The molecule has 26 heavy (non-hydrogen) atoms. The lowest BCUT2D eigenvalue weighted by Gasteiger charge is -2.12. The van der Waals surface area contributed by atoms with E-state index in [4.69, 9.17) is 18.9 Å². The molecule has 0 heterocycles. The lowest BCUT2D eigenvalue weighted by Crippen LogP contribution is -2.28. The molecule has 0 atom stereocenters. The van der Waals surface area contributed by atoms with Crippen molar-refractivity contribution in [3.63, 3.8) is 0 Å². The summed E-state index contributed by atoms with van der Waals surface area (Å²) in [6.45, 7) is 1.99. The van der Waals surface area contributed by atoms with E-state index >= 15 is 0 Å². The molecular weight excluding hydrogens is 358 g/mol. The predicted octanol–water partition coefficient (Wildman–Crippen LogP) is 2.38. The largest absolute Gasteiger partial charge is 0.497 e. The van der Waals surface area contributed by atoms with Crippen LogP contribution in [0.2, 0.25) is 0 Å². The van der Waals surface area contributed by atoms with Gasteiger partial charge in [-0.25, -0.2) is 13.1 Å². The van der Waals surface area contributed by atoms with E-state index in [1.54, 1.807) is 51.5 Å². The van der Waals surface area contributed by atoms with Crippen LogP contribution in [0.3, 0.4) is 0 Å². The Hall–Kier alpha value is -2.45. The maximum atomic E-state index is 12.4. The van der Waals surface area contributed by atoms with Gasteiger partial charge in [-0.05, 0) is 30.7 Å². The van der Waals surface area contributed by atoms with Crippen LogP contribution in [0.4, 0.5) is 0 Å². The van der Waals surface area contributed by atoms with Crippen LogP contribution < -0.4 is 23.7 Å². The molecular formula is C18H23NO6S. The second-order valence-electron chi connectivity index (χ2n) is 5.43. The second kappa shape index (κ2) is 8.77. The number of hydrogen-bond donors (Lipinski definition) is 1. The molecule has 2 rings (SSSR count). The van der Waals surface area contributed by atoms with E-state index in [1.807, 2.05) is 0 Å². The molecule has 0 aliphatic rings. The molecule has 1 N–H and O–H groups in total. The number of hydrogen-bond acceptors (Lipinski definition) is 6. The Kier molecular flexibility index (Phi) is 6.70. The van der Waals surface area contributed by atoms with E-state index in [1.165, 1.54) is 13.2 Å². The Morgan fingerprint density at radius 3 is 1.96 bits per heavy atom. The van der Waals surface area contributed by atoms with E-state index in [-0.39, 0.29) is 18.0 Å². The maximum Gasteiger partial charge on any atom is 0.240 e. The number of nitrogens with one attached hydrogen (secondary N) is 1. The first-order valence-electron chi connectivity index (χ1n) is 7.90. The van der Waals surface area contributed by atoms with Gasteiger partial charge in [-0.1, -0.05) is 0 Å². The molecule has 2 aromatic carbocycles. The molecule has 0 spiro atoms. The average molecular weight is 381 g/mol. The van der Waals surface area contributed by atoms with Gasteiger partial charge < -0.3 is 18.9 Å². The first-order chi connectivity index (χ1) is 12.4. The molecule has 0 aliphatic carbocycles. The molecule has 0 saturated heterocycles. The Bertz CT molecular complexity index is 829. The molecule has 8 heteroatoms. The summed E-state index contributed by atoms with van der Waals surface area (Å²) < 4.78 is 48.4. The fraction of sp³-hybridized carbons (Fsp3) is 0.333. The first kappa shape index (κ1) is 19.9. The molecule has 0 radical (unpaired) electrons. The van der Waals surface area contributed by atoms with Crippen molar-refractivity contribution < 1.29 is 27.4 Å². The van der Waals surface area contributed by atoms with E-state index in [2.05, 4.69) is 4.72 Å². The minimum absolute atomic E-state index is 0.118. The van der Waals surface area contributed by atoms with Crippen molar-refractivity contribution in [3.8, 4) is 23.0 Å². The van der Waals surface area contributed by atoms with Gasteiger partial charge >= 0.3 is 0 Å². The zero-order valence-corrected chi connectivity index (χ0v) is 16.1. The van der Waals surface area contributed by atoms with E-state index in [9.17, 15) is 8.42 Å². The van der Waals surface area contributed by atoms with Crippen molar-refractivity contribution in [2.45, 2.75) is 11.8 Å². The minimum atomic E-state index is -3.63. The lowest BCUT2D eigenvalue weighted by atomic mass is 10.2. The molecule has 2 aromatic rings. The van der Waals surface area contributed by atoms with E-state index in [0.29, 0.717) is 28.6 Å². The van der Waals surface area contributed by atoms with Gasteiger partial charge in [0.05, 0.1) is 26.2 Å². The van der Waals surface area contributed by atoms with Crippen LogP contribution in [-0.2, 0) is 10.0 Å². The van der Waals surface area contributed by atoms with Crippen molar-refractivity contribution in [1.29, 1.82) is 0 Å². The SMILES string of the molecule is COc1cc(OC)cc(OCCNS(=O)(=O)c2ccc(OC)cc2C)c1. The van der Waals surface area contributed by atoms with Crippen LogP contribution in [0.1, 0.15) is 5.56 Å². The number of rotatable bonds is 9. The van der Waals surface area contributed by atoms with Crippen LogP contribution in [0, 0.1) is 6.92 Å². The van der Waals surface area contributed by atoms with Crippen LogP contribution in [0.15, 0.2) is 41.3 Å². The number of sulfonamides is 1. The Labute approximate surface area is 153 Å². The third kappa shape index (κ3) is 5.03. The Balaban J connectivity index is 1.97. The number of aryl methyl sites for hydroxylation is 1. The third-order valence-electron chi connectivity index (χ3n) is 3.66. The number of benzene rings is 2. The fourth-order valence-electron chi connectivity index (χ4n) is 2.34. The number of ether oxygens (including phenoxy) is 4. The summed E-state index contributed by atoms with van der Waals surface area (Å²) in [6, 6.07) is 9.93. The molecule has 7 nitrogen and oxygen atoms in total. The van der Waals surface area contributed by atoms with Crippen molar-refractivity contribution in [1.82, 2.24) is 4.72 Å². The van der Waals surface area contributed by atoms with Gasteiger partial charge in [0.1, 0.15) is 29.6 Å². The van der Waals surface area contributed by atoms with Gasteiger partial charge in [-0.15, -0.1) is 0 Å². The zero-order chi connectivity index (χ0) is 19.2. The number of methoxy groups -OCH3 is 3. The monoisotopic (exact) mass is 381 g/mol. The lowest BCUT2D eigenvalue weighted by molar-refractivity contribution is 0.316. The molecule has 142 valence electrons. The highest BCUT2D eigenvalue weighted by Gasteiger charge is 2.16. The standard InChI is InChI=1S/C18H23NO6S/c1-13-9-14(22-2)5-6-18(13)26(20,21)19-7-8-25-17-11-15(23-3)10-16(12-17)24-4/h5-6,9-12,19H,7-8H2,1-4H3. The Morgan fingerprint density at radius 1 is 0.846 bits per heavy atom. The molecule has 0 amide bonds. The predicted molar refractivity (Wildman–Crippen MR) is 98.0 cm³/mol.